The van der Waals surface area contributed by atoms with Gasteiger partial charge in [0, 0.05) is 40.3 Å². The Morgan fingerprint density at radius 2 is 1.90 bits per heavy atom. The van der Waals surface area contributed by atoms with Crippen molar-refractivity contribution in [2.45, 2.75) is 6.92 Å². The highest BCUT2D eigenvalue weighted by molar-refractivity contribution is 6.31. The van der Waals surface area contributed by atoms with Crippen molar-refractivity contribution < 1.29 is 9.18 Å². The lowest BCUT2D eigenvalue weighted by Gasteiger charge is -2.04. The number of ketones is 1. The van der Waals surface area contributed by atoms with E-state index in [9.17, 15) is 9.18 Å². The van der Waals surface area contributed by atoms with Crippen molar-refractivity contribution in [1.82, 2.24) is 4.57 Å². The van der Waals surface area contributed by atoms with E-state index in [-0.39, 0.29) is 5.78 Å². The van der Waals surface area contributed by atoms with Crippen LogP contribution in [-0.4, -0.2) is 10.4 Å². The van der Waals surface area contributed by atoms with E-state index in [1.807, 2.05) is 23.7 Å². The average Bonchev–Trinajstić information content (AvgIpc) is 2.78. The van der Waals surface area contributed by atoms with Gasteiger partial charge in [-0.1, -0.05) is 23.7 Å². The molecule has 0 unspecified atom stereocenters. The van der Waals surface area contributed by atoms with Gasteiger partial charge >= 0.3 is 0 Å². The fourth-order valence-electron chi connectivity index (χ4n) is 2.52. The van der Waals surface area contributed by atoms with Crippen molar-refractivity contribution in [2.24, 2.45) is 7.05 Å². The third kappa shape index (κ3) is 2.34. The lowest BCUT2D eigenvalue weighted by molar-refractivity contribution is 0.103. The van der Waals surface area contributed by atoms with Gasteiger partial charge in [-0.05, 0) is 36.8 Å². The summed E-state index contributed by atoms with van der Waals surface area (Å²) in [7, 11) is 1.86. The fourth-order valence-corrected chi connectivity index (χ4v) is 2.69. The largest absolute Gasteiger partial charge is 0.350 e. The first kappa shape index (κ1) is 13.8. The summed E-state index contributed by atoms with van der Waals surface area (Å²) >= 11 is 5.99. The van der Waals surface area contributed by atoms with Gasteiger partial charge in [-0.15, -0.1) is 0 Å². The topological polar surface area (TPSA) is 22.0 Å². The van der Waals surface area contributed by atoms with Crippen molar-refractivity contribution in [3.8, 4) is 0 Å². The molecule has 0 amide bonds. The van der Waals surface area contributed by atoms with Crippen LogP contribution in [0.3, 0.4) is 0 Å². The number of nitrogens with zero attached hydrogens (tertiary/aromatic N) is 1. The van der Waals surface area contributed by atoms with Crippen LogP contribution in [-0.2, 0) is 7.05 Å². The van der Waals surface area contributed by atoms with E-state index in [0.717, 1.165) is 16.5 Å². The normalized spacial score (nSPS) is 11.0. The molecular formula is C17H13ClFNO. The monoisotopic (exact) mass is 301 g/mol. The van der Waals surface area contributed by atoms with E-state index >= 15 is 0 Å². The molecule has 21 heavy (non-hydrogen) atoms. The van der Waals surface area contributed by atoms with Crippen molar-refractivity contribution in [2.75, 3.05) is 0 Å². The summed E-state index contributed by atoms with van der Waals surface area (Å²) in [6.45, 7) is 1.80. The summed E-state index contributed by atoms with van der Waals surface area (Å²) in [6, 6.07) is 9.64. The Labute approximate surface area is 126 Å². The van der Waals surface area contributed by atoms with Gasteiger partial charge in [-0.2, -0.15) is 0 Å². The lowest BCUT2D eigenvalue weighted by atomic mass is 9.98. The van der Waals surface area contributed by atoms with E-state index in [4.69, 9.17) is 11.6 Å². The number of benzene rings is 2. The van der Waals surface area contributed by atoms with Gasteiger partial charge in [0.15, 0.2) is 5.78 Å². The van der Waals surface area contributed by atoms with Crippen LogP contribution in [0.2, 0.25) is 5.02 Å². The summed E-state index contributed by atoms with van der Waals surface area (Å²) in [5, 5.41) is 1.43. The fraction of sp³-hybridized carbons (Fsp3) is 0.118. The summed E-state index contributed by atoms with van der Waals surface area (Å²) in [6.07, 6.45) is 1.76. The molecule has 0 atom stereocenters. The minimum absolute atomic E-state index is 0.181. The van der Waals surface area contributed by atoms with Crippen molar-refractivity contribution in [3.05, 3.63) is 70.1 Å². The van der Waals surface area contributed by atoms with Crippen molar-refractivity contribution >= 4 is 28.3 Å². The Kier molecular flexibility index (Phi) is 3.30. The molecule has 0 bridgehead atoms. The first-order valence-electron chi connectivity index (χ1n) is 6.53. The Bertz CT molecular complexity index is 867. The predicted octanol–water partition coefficient (Wildman–Crippen LogP) is 4.51. The summed E-state index contributed by atoms with van der Waals surface area (Å²) in [5.41, 5.74) is 2.57. The molecule has 0 saturated carbocycles. The molecule has 0 spiro atoms. The second kappa shape index (κ2) is 5.01. The van der Waals surface area contributed by atoms with Gasteiger partial charge in [0.2, 0.25) is 0 Å². The summed E-state index contributed by atoms with van der Waals surface area (Å²) in [5.74, 6) is -0.591. The molecular weight excluding hydrogens is 289 g/mol. The summed E-state index contributed by atoms with van der Waals surface area (Å²) < 4.78 is 15.3. The number of halogens is 2. The van der Waals surface area contributed by atoms with E-state index in [0.29, 0.717) is 16.1 Å². The molecule has 3 rings (SSSR count). The first-order valence-corrected chi connectivity index (χ1v) is 6.90. The Morgan fingerprint density at radius 3 is 2.67 bits per heavy atom. The van der Waals surface area contributed by atoms with Crippen LogP contribution in [0.1, 0.15) is 21.5 Å². The van der Waals surface area contributed by atoms with Crippen LogP contribution in [0.4, 0.5) is 4.39 Å². The molecule has 4 heteroatoms. The van der Waals surface area contributed by atoms with E-state index in [2.05, 4.69) is 0 Å². The zero-order valence-corrected chi connectivity index (χ0v) is 12.4. The number of fused-ring (bicyclic) bond motifs is 1. The lowest BCUT2D eigenvalue weighted by Crippen LogP contribution is -2.03. The van der Waals surface area contributed by atoms with E-state index < -0.39 is 5.82 Å². The SMILES string of the molecule is Cc1ccc(F)cc1C(=O)c1cn(C)c2cc(Cl)ccc12. The minimum atomic E-state index is -0.410. The smallest absolute Gasteiger partial charge is 0.195 e. The number of carbonyl (C=O) groups excluding carboxylic acids is 1. The molecule has 0 aliphatic rings. The van der Waals surface area contributed by atoms with Crippen LogP contribution in [0.15, 0.2) is 42.6 Å². The quantitative estimate of drug-likeness (QED) is 0.638. The van der Waals surface area contributed by atoms with Gasteiger partial charge in [-0.25, -0.2) is 4.39 Å². The summed E-state index contributed by atoms with van der Waals surface area (Å²) in [4.78, 5) is 12.7. The molecule has 2 nitrogen and oxygen atoms in total. The number of aromatic nitrogens is 1. The number of hydrogen-bond donors (Lipinski definition) is 0. The molecule has 1 heterocycles. The molecule has 0 N–H and O–H groups in total. The molecule has 0 saturated heterocycles. The van der Waals surface area contributed by atoms with Crippen molar-refractivity contribution in [3.63, 3.8) is 0 Å². The molecule has 2 aromatic carbocycles. The second-order valence-corrected chi connectivity index (χ2v) is 5.54. The highest BCUT2D eigenvalue weighted by Crippen LogP contribution is 2.27. The number of hydrogen-bond acceptors (Lipinski definition) is 1. The molecule has 1 aromatic heterocycles. The highest BCUT2D eigenvalue weighted by atomic mass is 35.5. The van der Waals surface area contributed by atoms with Crippen LogP contribution < -0.4 is 0 Å². The minimum Gasteiger partial charge on any atom is -0.350 e. The predicted molar refractivity (Wildman–Crippen MR) is 82.5 cm³/mol. The Hall–Kier alpha value is -2.13. The maximum absolute atomic E-state index is 13.4. The van der Waals surface area contributed by atoms with Gasteiger partial charge < -0.3 is 4.57 Å². The van der Waals surface area contributed by atoms with Crippen molar-refractivity contribution in [1.29, 1.82) is 0 Å². The third-order valence-corrected chi connectivity index (χ3v) is 3.88. The van der Waals surface area contributed by atoms with Gasteiger partial charge in [-0.3, -0.25) is 4.79 Å². The zero-order valence-electron chi connectivity index (χ0n) is 11.7. The third-order valence-electron chi connectivity index (χ3n) is 3.64. The first-order chi connectivity index (χ1) is 9.97. The Balaban J connectivity index is 2.21. The molecule has 0 fully saturated rings. The van der Waals surface area contributed by atoms with Gasteiger partial charge in [0.05, 0.1) is 0 Å². The highest BCUT2D eigenvalue weighted by Gasteiger charge is 2.18. The number of aryl methyl sites for hydroxylation is 2. The van der Waals surface area contributed by atoms with Gasteiger partial charge in [0.25, 0.3) is 0 Å². The number of rotatable bonds is 2. The standard InChI is InChI=1S/C17H13ClFNO/c1-10-3-5-12(19)8-14(10)17(21)15-9-20(2)16-7-11(18)4-6-13(15)16/h3-9H,1-2H3. The maximum Gasteiger partial charge on any atom is 0.195 e. The maximum atomic E-state index is 13.4. The molecule has 106 valence electrons. The molecule has 0 aliphatic carbocycles. The molecule has 0 radical (unpaired) electrons. The Morgan fingerprint density at radius 1 is 1.14 bits per heavy atom. The second-order valence-electron chi connectivity index (χ2n) is 5.10. The van der Waals surface area contributed by atoms with Crippen LogP contribution in [0, 0.1) is 12.7 Å². The van der Waals surface area contributed by atoms with Gasteiger partial charge in [0.1, 0.15) is 5.82 Å². The number of carbonyl (C=O) groups is 1. The van der Waals surface area contributed by atoms with E-state index in [1.54, 1.807) is 25.3 Å². The van der Waals surface area contributed by atoms with E-state index in [1.165, 1.54) is 12.1 Å². The molecule has 0 aliphatic heterocycles. The average molecular weight is 302 g/mol. The zero-order chi connectivity index (χ0) is 15.1. The van der Waals surface area contributed by atoms with Crippen LogP contribution in [0.25, 0.3) is 10.9 Å². The van der Waals surface area contributed by atoms with Crippen LogP contribution in [0.5, 0.6) is 0 Å². The van der Waals surface area contributed by atoms with Crippen LogP contribution >= 0.6 is 11.6 Å². The molecule has 3 aromatic rings.